The molecular formula is C29H21ClN2OS. The Morgan fingerprint density at radius 1 is 0.706 bits per heavy atom. The molecule has 0 spiro atoms. The van der Waals surface area contributed by atoms with Gasteiger partial charge in [0.15, 0.2) is 4.80 Å². The van der Waals surface area contributed by atoms with Crippen LogP contribution in [0.1, 0.15) is 10.4 Å². The number of aromatic nitrogens is 1. The minimum absolute atomic E-state index is 0.292. The van der Waals surface area contributed by atoms with E-state index in [0.29, 0.717) is 15.4 Å². The predicted octanol–water partition coefficient (Wildman–Crippen LogP) is 7.48. The lowest BCUT2D eigenvalue weighted by Crippen LogP contribution is -2.14. The molecule has 1 amide bonds. The number of thiazole rings is 1. The first-order valence-electron chi connectivity index (χ1n) is 10.9. The first-order valence-corrected chi connectivity index (χ1v) is 12.1. The standard InChI is InChI=1S/C29H21ClN2OS/c1-32-26(22-14-12-21(13-15-22)20-8-4-2-5-9-20)27(23-10-6-3-7-11-23)34-29(32)31-28(33)24-16-18-25(30)19-17-24/h2-19H,1H3. The van der Waals surface area contributed by atoms with E-state index in [2.05, 4.69) is 53.5 Å². The van der Waals surface area contributed by atoms with Crippen LogP contribution in [0.3, 0.4) is 0 Å². The molecule has 0 fully saturated rings. The predicted molar refractivity (Wildman–Crippen MR) is 141 cm³/mol. The van der Waals surface area contributed by atoms with Gasteiger partial charge in [-0.1, -0.05) is 108 Å². The molecule has 166 valence electrons. The Balaban J connectivity index is 1.62. The lowest BCUT2D eigenvalue weighted by Gasteiger charge is -2.09. The third-order valence-corrected chi connectivity index (χ3v) is 7.05. The summed E-state index contributed by atoms with van der Waals surface area (Å²) >= 11 is 7.48. The molecule has 0 bridgehead atoms. The van der Waals surface area contributed by atoms with E-state index in [9.17, 15) is 4.79 Å². The molecule has 0 saturated heterocycles. The van der Waals surface area contributed by atoms with E-state index in [0.717, 1.165) is 27.3 Å². The van der Waals surface area contributed by atoms with E-state index in [1.54, 1.807) is 24.3 Å². The minimum atomic E-state index is -0.292. The van der Waals surface area contributed by atoms with Crippen LogP contribution in [-0.4, -0.2) is 10.5 Å². The van der Waals surface area contributed by atoms with Crippen molar-refractivity contribution in [1.29, 1.82) is 0 Å². The van der Waals surface area contributed by atoms with Gasteiger partial charge in [0.1, 0.15) is 0 Å². The molecule has 0 atom stereocenters. The van der Waals surface area contributed by atoms with Crippen molar-refractivity contribution in [1.82, 2.24) is 4.57 Å². The van der Waals surface area contributed by atoms with Crippen LogP contribution in [0.5, 0.6) is 0 Å². The topological polar surface area (TPSA) is 34.4 Å². The number of hydrogen-bond acceptors (Lipinski definition) is 2. The number of carbonyl (C=O) groups excluding carboxylic acids is 1. The average molecular weight is 481 g/mol. The summed E-state index contributed by atoms with van der Waals surface area (Å²) in [6.45, 7) is 0. The van der Waals surface area contributed by atoms with Gasteiger partial charge in [0, 0.05) is 17.6 Å². The lowest BCUT2D eigenvalue weighted by atomic mass is 10.0. The quantitative estimate of drug-likeness (QED) is 0.262. The fourth-order valence-electron chi connectivity index (χ4n) is 3.86. The maximum atomic E-state index is 12.9. The molecule has 0 N–H and O–H groups in total. The van der Waals surface area contributed by atoms with Crippen LogP contribution in [0.25, 0.3) is 32.8 Å². The number of nitrogens with zero attached hydrogens (tertiary/aromatic N) is 2. The molecule has 5 heteroatoms. The monoisotopic (exact) mass is 480 g/mol. The molecule has 1 aromatic heterocycles. The molecule has 4 aromatic carbocycles. The molecule has 0 aliphatic rings. The van der Waals surface area contributed by atoms with Crippen molar-refractivity contribution < 1.29 is 4.79 Å². The van der Waals surface area contributed by atoms with Crippen molar-refractivity contribution in [3.8, 4) is 32.8 Å². The Labute approximate surface area is 207 Å². The van der Waals surface area contributed by atoms with Crippen LogP contribution in [0, 0.1) is 0 Å². The van der Waals surface area contributed by atoms with Gasteiger partial charge in [0.2, 0.25) is 0 Å². The van der Waals surface area contributed by atoms with Gasteiger partial charge in [-0.25, -0.2) is 0 Å². The van der Waals surface area contributed by atoms with E-state index in [1.165, 1.54) is 16.9 Å². The van der Waals surface area contributed by atoms with Crippen molar-refractivity contribution in [2.24, 2.45) is 12.0 Å². The Hall–Kier alpha value is -3.73. The van der Waals surface area contributed by atoms with Crippen LogP contribution in [-0.2, 0) is 7.05 Å². The van der Waals surface area contributed by atoms with Crippen molar-refractivity contribution in [2.45, 2.75) is 0 Å². The third-order valence-electron chi connectivity index (χ3n) is 5.62. The maximum absolute atomic E-state index is 12.9. The number of benzene rings is 4. The third kappa shape index (κ3) is 4.51. The van der Waals surface area contributed by atoms with Gasteiger partial charge in [-0.3, -0.25) is 4.79 Å². The lowest BCUT2D eigenvalue weighted by molar-refractivity contribution is 0.0998. The van der Waals surface area contributed by atoms with Gasteiger partial charge < -0.3 is 4.57 Å². The minimum Gasteiger partial charge on any atom is -0.319 e. The molecule has 1 heterocycles. The maximum Gasteiger partial charge on any atom is 0.279 e. The molecule has 3 nitrogen and oxygen atoms in total. The number of rotatable bonds is 4. The Morgan fingerprint density at radius 2 is 1.24 bits per heavy atom. The van der Waals surface area contributed by atoms with Gasteiger partial charge in [-0.05, 0) is 46.5 Å². The first kappa shape index (κ1) is 22.1. The summed E-state index contributed by atoms with van der Waals surface area (Å²) in [6, 6.07) is 35.8. The highest BCUT2D eigenvalue weighted by atomic mass is 35.5. The number of halogens is 1. The number of amides is 1. The van der Waals surface area contributed by atoms with Crippen molar-refractivity contribution >= 4 is 28.8 Å². The molecule has 0 aliphatic carbocycles. The van der Waals surface area contributed by atoms with Gasteiger partial charge in [-0.15, -0.1) is 0 Å². The molecule has 5 rings (SSSR count). The largest absolute Gasteiger partial charge is 0.319 e. The second-order valence-electron chi connectivity index (χ2n) is 7.85. The number of hydrogen-bond donors (Lipinski definition) is 0. The van der Waals surface area contributed by atoms with Gasteiger partial charge in [-0.2, -0.15) is 4.99 Å². The zero-order chi connectivity index (χ0) is 23.5. The molecule has 0 radical (unpaired) electrons. The van der Waals surface area contributed by atoms with Crippen molar-refractivity contribution in [3.05, 3.63) is 125 Å². The van der Waals surface area contributed by atoms with Crippen LogP contribution in [0.15, 0.2) is 114 Å². The fraction of sp³-hybridized carbons (Fsp3) is 0.0345. The normalized spacial score (nSPS) is 11.5. The SMILES string of the molecule is Cn1c(-c2ccc(-c3ccccc3)cc2)c(-c2ccccc2)sc1=NC(=O)c1ccc(Cl)cc1. The Morgan fingerprint density at radius 3 is 1.85 bits per heavy atom. The van der Waals surface area contributed by atoms with Gasteiger partial charge in [0.05, 0.1) is 10.6 Å². The van der Waals surface area contributed by atoms with Crippen LogP contribution < -0.4 is 4.80 Å². The molecule has 34 heavy (non-hydrogen) atoms. The number of carbonyl (C=O) groups is 1. The van der Waals surface area contributed by atoms with E-state index in [-0.39, 0.29) is 5.91 Å². The highest BCUT2D eigenvalue weighted by molar-refractivity contribution is 7.13. The van der Waals surface area contributed by atoms with Crippen LogP contribution in [0.2, 0.25) is 5.02 Å². The summed E-state index contributed by atoms with van der Waals surface area (Å²) in [5.74, 6) is -0.292. The summed E-state index contributed by atoms with van der Waals surface area (Å²) in [6.07, 6.45) is 0. The van der Waals surface area contributed by atoms with Crippen LogP contribution in [0.4, 0.5) is 0 Å². The summed E-state index contributed by atoms with van der Waals surface area (Å²) in [5, 5.41) is 0.589. The summed E-state index contributed by atoms with van der Waals surface area (Å²) < 4.78 is 2.00. The molecule has 0 unspecified atom stereocenters. The summed E-state index contributed by atoms with van der Waals surface area (Å²) in [4.78, 5) is 19.0. The van der Waals surface area contributed by atoms with E-state index in [4.69, 9.17) is 11.6 Å². The Bertz CT molecular complexity index is 1500. The molecule has 0 saturated carbocycles. The molecule has 5 aromatic rings. The highest BCUT2D eigenvalue weighted by Gasteiger charge is 2.16. The van der Waals surface area contributed by atoms with E-state index < -0.39 is 0 Å². The van der Waals surface area contributed by atoms with E-state index in [1.807, 2.05) is 48.0 Å². The average Bonchev–Trinajstić information content (AvgIpc) is 3.21. The molecule has 0 aliphatic heterocycles. The van der Waals surface area contributed by atoms with Gasteiger partial charge >= 0.3 is 0 Å². The van der Waals surface area contributed by atoms with E-state index >= 15 is 0 Å². The smallest absolute Gasteiger partial charge is 0.279 e. The van der Waals surface area contributed by atoms with Gasteiger partial charge in [0.25, 0.3) is 5.91 Å². The second kappa shape index (κ2) is 9.64. The molecular weight excluding hydrogens is 460 g/mol. The summed E-state index contributed by atoms with van der Waals surface area (Å²) in [5.41, 5.74) is 6.03. The first-order chi connectivity index (χ1) is 16.6. The fourth-order valence-corrected chi connectivity index (χ4v) is 5.13. The highest BCUT2D eigenvalue weighted by Crippen LogP contribution is 2.35. The zero-order valence-corrected chi connectivity index (χ0v) is 20.1. The van der Waals surface area contributed by atoms with Crippen molar-refractivity contribution in [2.75, 3.05) is 0 Å². The second-order valence-corrected chi connectivity index (χ2v) is 9.27. The summed E-state index contributed by atoms with van der Waals surface area (Å²) in [7, 11) is 1.96. The Kier molecular flexibility index (Phi) is 6.26. The van der Waals surface area contributed by atoms with Crippen LogP contribution >= 0.6 is 22.9 Å². The zero-order valence-electron chi connectivity index (χ0n) is 18.5. The van der Waals surface area contributed by atoms with Crippen molar-refractivity contribution in [3.63, 3.8) is 0 Å².